The number of ether oxygens (including phenoxy) is 3. The molecule has 1 aliphatic heterocycles. The third kappa shape index (κ3) is 5.10. The highest BCUT2D eigenvalue weighted by atomic mass is 19.1. The fourth-order valence-corrected chi connectivity index (χ4v) is 3.20. The molecule has 1 amide bonds. The maximum Gasteiger partial charge on any atom is 0.262 e. The molecule has 1 aliphatic rings. The molecule has 2 atom stereocenters. The van der Waals surface area contributed by atoms with Crippen molar-refractivity contribution in [2.75, 3.05) is 19.9 Å². The van der Waals surface area contributed by atoms with E-state index in [0.29, 0.717) is 30.1 Å². The smallest absolute Gasteiger partial charge is 0.262 e. The first-order valence-corrected chi connectivity index (χ1v) is 9.68. The van der Waals surface area contributed by atoms with Gasteiger partial charge in [0, 0.05) is 37.0 Å². The first-order valence-electron chi connectivity index (χ1n) is 9.68. The SMILES string of the molecule is O=C(N[C@H]1CCO[C@H]1c1cncc(Oc2ncccc2OCCF)c1)c1cncnc1. The Morgan fingerprint density at radius 2 is 2.10 bits per heavy atom. The lowest BCUT2D eigenvalue weighted by atomic mass is 10.0. The fraction of sp³-hybridized carbons (Fsp3) is 0.286. The molecule has 1 fully saturated rings. The minimum atomic E-state index is -0.618. The molecule has 31 heavy (non-hydrogen) atoms. The second kappa shape index (κ2) is 9.90. The van der Waals surface area contributed by atoms with Crippen molar-refractivity contribution in [2.45, 2.75) is 18.6 Å². The predicted octanol–water partition coefficient (Wildman–Crippen LogP) is 2.67. The summed E-state index contributed by atoms with van der Waals surface area (Å²) >= 11 is 0. The van der Waals surface area contributed by atoms with Gasteiger partial charge in [-0.1, -0.05) is 0 Å². The molecule has 0 aromatic carbocycles. The van der Waals surface area contributed by atoms with Gasteiger partial charge in [0.1, 0.15) is 31.5 Å². The van der Waals surface area contributed by atoms with Gasteiger partial charge in [0.25, 0.3) is 11.8 Å². The molecule has 4 heterocycles. The number of carbonyl (C=O) groups excluding carboxylic acids is 1. The van der Waals surface area contributed by atoms with E-state index in [0.717, 1.165) is 5.56 Å². The lowest BCUT2D eigenvalue weighted by Crippen LogP contribution is -2.36. The number of halogens is 1. The Balaban J connectivity index is 1.48. The molecule has 3 aromatic heterocycles. The summed E-state index contributed by atoms with van der Waals surface area (Å²) in [7, 11) is 0. The van der Waals surface area contributed by atoms with Gasteiger partial charge in [0.2, 0.25) is 0 Å². The summed E-state index contributed by atoms with van der Waals surface area (Å²) < 4.78 is 29.4. The summed E-state index contributed by atoms with van der Waals surface area (Å²) in [6, 6.07) is 4.84. The van der Waals surface area contributed by atoms with Crippen molar-refractivity contribution in [1.29, 1.82) is 0 Å². The van der Waals surface area contributed by atoms with Gasteiger partial charge in [-0.25, -0.2) is 19.3 Å². The van der Waals surface area contributed by atoms with Crippen molar-refractivity contribution in [3.05, 3.63) is 66.6 Å². The molecule has 10 heteroatoms. The molecule has 1 N–H and O–H groups in total. The minimum absolute atomic E-state index is 0.0932. The van der Waals surface area contributed by atoms with Gasteiger partial charge in [-0.2, -0.15) is 0 Å². The van der Waals surface area contributed by atoms with E-state index in [1.807, 2.05) is 0 Å². The van der Waals surface area contributed by atoms with Gasteiger partial charge < -0.3 is 19.5 Å². The highest BCUT2D eigenvalue weighted by Crippen LogP contribution is 2.33. The van der Waals surface area contributed by atoms with Gasteiger partial charge in [-0.05, 0) is 24.6 Å². The quantitative estimate of drug-likeness (QED) is 0.587. The number of carbonyl (C=O) groups is 1. The van der Waals surface area contributed by atoms with Crippen LogP contribution in [0, 0.1) is 0 Å². The average Bonchev–Trinajstić information content (AvgIpc) is 3.27. The molecule has 0 aliphatic carbocycles. The average molecular weight is 425 g/mol. The summed E-state index contributed by atoms with van der Waals surface area (Å²) in [6.45, 7) is -0.218. The van der Waals surface area contributed by atoms with Gasteiger partial charge in [0.05, 0.1) is 17.8 Å². The summed E-state index contributed by atoms with van der Waals surface area (Å²) in [6.07, 6.45) is 9.27. The Hall–Kier alpha value is -3.66. The topological polar surface area (TPSA) is 108 Å². The number of nitrogens with one attached hydrogen (secondary N) is 1. The molecule has 3 aromatic rings. The van der Waals surface area contributed by atoms with Gasteiger partial charge in [0.15, 0.2) is 5.75 Å². The van der Waals surface area contributed by atoms with Gasteiger partial charge >= 0.3 is 0 Å². The van der Waals surface area contributed by atoms with Gasteiger partial charge in [-0.3, -0.25) is 9.78 Å². The highest BCUT2D eigenvalue weighted by molar-refractivity contribution is 5.93. The zero-order valence-corrected chi connectivity index (χ0v) is 16.5. The number of alkyl halides is 1. The van der Waals surface area contributed by atoms with Crippen molar-refractivity contribution in [3.63, 3.8) is 0 Å². The number of hydrogen-bond donors (Lipinski definition) is 1. The van der Waals surface area contributed by atoms with E-state index >= 15 is 0 Å². The fourth-order valence-electron chi connectivity index (χ4n) is 3.20. The van der Waals surface area contributed by atoms with Crippen molar-refractivity contribution >= 4 is 5.91 Å². The van der Waals surface area contributed by atoms with E-state index in [4.69, 9.17) is 14.2 Å². The molecule has 4 rings (SSSR count). The van der Waals surface area contributed by atoms with E-state index < -0.39 is 12.8 Å². The number of hydrogen-bond acceptors (Lipinski definition) is 8. The van der Waals surface area contributed by atoms with Crippen molar-refractivity contribution in [3.8, 4) is 17.4 Å². The van der Waals surface area contributed by atoms with E-state index in [-0.39, 0.29) is 24.4 Å². The Morgan fingerprint density at radius 3 is 2.94 bits per heavy atom. The van der Waals surface area contributed by atoms with Crippen LogP contribution in [0.1, 0.15) is 28.4 Å². The molecule has 0 unspecified atom stereocenters. The van der Waals surface area contributed by atoms with Crippen LogP contribution in [0.4, 0.5) is 4.39 Å². The minimum Gasteiger partial charge on any atom is -0.485 e. The van der Waals surface area contributed by atoms with Crippen LogP contribution in [0.15, 0.2) is 55.5 Å². The lowest BCUT2D eigenvalue weighted by Gasteiger charge is -2.20. The Morgan fingerprint density at radius 1 is 1.23 bits per heavy atom. The molecule has 0 spiro atoms. The monoisotopic (exact) mass is 425 g/mol. The number of aromatic nitrogens is 4. The largest absolute Gasteiger partial charge is 0.485 e. The van der Waals surface area contributed by atoms with Gasteiger partial charge in [-0.15, -0.1) is 0 Å². The molecule has 0 bridgehead atoms. The Labute approximate surface area is 177 Å². The third-order valence-corrected chi connectivity index (χ3v) is 4.58. The predicted molar refractivity (Wildman–Crippen MR) is 107 cm³/mol. The molecule has 0 radical (unpaired) electrons. The maximum atomic E-state index is 12.5. The molecular formula is C21H20FN5O4. The van der Waals surface area contributed by atoms with E-state index in [1.165, 1.54) is 24.9 Å². The van der Waals surface area contributed by atoms with Crippen LogP contribution < -0.4 is 14.8 Å². The standard InChI is InChI=1S/C21H20FN5O4/c22-4-7-29-18-2-1-5-26-21(18)31-16-8-14(9-23-12-16)19-17(3-6-30-19)27-20(28)15-10-24-13-25-11-15/h1-2,5,8-13,17,19H,3-4,6-7H2,(H,27,28)/t17-,19-/m0/s1. The third-order valence-electron chi connectivity index (χ3n) is 4.58. The molecule has 160 valence electrons. The van der Waals surface area contributed by atoms with Crippen LogP contribution in [0.5, 0.6) is 17.4 Å². The Kier molecular flexibility index (Phi) is 6.58. The normalized spacial score (nSPS) is 17.8. The van der Waals surface area contributed by atoms with Crippen LogP contribution in [0.2, 0.25) is 0 Å². The molecule has 0 saturated carbocycles. The lowest BCUT2D eigenvalue weighted by molar-refractivity contribution is 0.0819. The van der Waals surface area contributed by atoms with Crippen molar-refractivity contribution < 1.29 is 23.4 Å². The first kappa shape index (κ1) is 20.6. The van der Waals surface area contributed by atoms with E-state index in [1.54, 1.807) is 30.6 Å². The number of nitrogens with zero attached hydrogens (tertiary/aromatic N) is 4. The molecule has 9 nitrogen and oxygen atoms in total. The molecule has 1 saturated heterocycles. The zero-order chi connectivity index (χ0) is 21.5. The summed E-state index contributed by atoms with van der Waals surface area (Å²) in [5.41, 5.74) is 1.12. The Bertz CT molecular complexity index is 1020. The highest BCUT2D eigenvalue weighted by Gasteiger charge is 2.32. The molecular weight excluding hydrogens is 405 g/mol. The van der Waals surface area contributed by atoms with E-state index in [9.17, 15) is 9.18 Å². The summed E-state index contributed by atoms with van der Waals surface area (Å²) in [4.78, 5) is 28.6. The van der Waals surface area contributed by atoms with Crippen molar-refractivity contribution in [2.24, 2.45) is 0 Å². The zero-order valence-electron chi connectivity index (χ0n) is 16.5. The summed E-state index contributed by atoms with van der Waals surface area (Å²) in [5.74, 6) is 0.678. The second-order valence-electron chi connectivity index (χ2n) is 6.69. The number of amides is 1. The van der Waals surface area contributed by atoms with Crippen LogP contribution in [0.3, 0.4) is 0 Å². The first-order chi connectivity index (χ1) is 15.2. The maximum absolute atomic E-state index is 12.5. The van der Waals surface area contributed by atoms with Crippen LogP contribution in [-0.4, -0.2) is 51.8 Å². The van der Waals surface area contributed by atoms with Crippen LogP contribution in [-0.2, 0) is 4.74 Å². The van der Waals surface area contributed by atoms with Crippen LogP contribution in [0.25, 0.3) is 0 Å². The second-order valence-corrected chi connectivity index (χ2v) is 6.69. The van der Waals surface area contributed by atoms with Crippen molar-refractivity contribution in [1.82, 2.24) is 25.3 Å². The number of pyridine rings is 2. The van der Waals surface area contributed by atoms with E-state index in [2.05, 4.69) is 25.3 Å². The summed E-state index contributed by atoms with van der Waals surface area (Å²) in [5, 5.41) is 2.96. The number of rotatable bonds is 8. The van der Waals surface area contributed by atoms with Crippen LogP contribution >= 0.6 is 0 Å².